The van der Waals surface area contributed by atoms with Gasteiger partial charge < -0.3 is 5.11 Å². The number of aliphatic hydroxyl groups is 1. The number of hydrogen-bond donors (Lipinski definition) is 1. The molecule has 0 spiro atoms. The molecule has 1 saturated carbocycles. The molecule has 0 bridgehead atoms. The summed E-state index contributed by atoms with van der Waals surface area (Å²) in [4.78, 5) is 12.6. The third-order valence-corrected chi connectivity index (χ3v) is 5.91. The van der Waals surface area contributed by atoms with E-state index in [0.29, 0.717) is 12.3 Å². The predicted octanol–water partition coefficient (Wildman–Crippen LogP) is 4.21. The lowest BCUT2D eigenvalue weighted by atomic mass is 9.53. The molecule has 21 heavy (non-hydrogen) atoms. The first kappa shape index (κ1) is 14.8. The van der Waals surface area contributed by atoms with E-state index in [1.165, 1.54) is 5.56 Å². The zero-order chi connectivity index (χ0) is 15.4. The molecule has 3 unspecified atom stereocenters. The van der Waals surface area contributed by atoms with Gasteiger partial charge in [0.1, 0.15) is 0 Å². The fraction of sp³-hybridized carbons (Fsp3) is 0.632. The number of Topliss-reactive ketones (excluding diaryl/α,β-unsaturated/α-hetero) is 1. The van der Waals surface area contributed by atoms with Gasteiger partial charge in [-0.25, -0.2) is 0 Å². The molecule has 114 valence electrons. The first-order valence-electron chi connectivity index (χ1n) is 8.16. The van der Waals surface area contributed by atoms with Gasteiger partial charge in [-0.05, 0) is 54.7 Å². The smallest absolute Gasteiger partial charge is 0.163 e. The van der Waals surface area contributed by atoms with Gasteiger partial charge in [-0.1, -0.05) is 32.9 Å². The van der Waals surface area contributed by atoms with Crippen molar-refractivity contribution >= 4 is 5.78 Å². The molecule has 2 aliphatic rings. The Balaban J connectivity index is 2.15. The van der Waals surface area contributed by atoms with Crippen LogP contribution in [-0.2, 0) is 5.41 Å². The van der Waals surface area contributed by atoms with Crippen LogP contribution >= 0.6 is 0 Å². The maximum absolute atomic E-state index is 12.6. The van der Waals surface area contributed by atoms with E-state index in [-0.39, 0.29) is 17.1 Å². The quantitative estimate of drug-likeness (QED) is 0.840. The number of rotatable bonds is 1. The van der Waals surface area contributed by atoms with Gasteiger partial charge in [-0.2, -0.15) is 0 Å². The van der Waals surface area contributed by atoms with E-state index in [9.17, 15) is 9.90 Å². The van der Waals surface area contributed by atoms with Gasteiger partial charge >= 0.3 is 0 Å². The summed E-state index contributed by atoms with van der Waals surface area (Å²) in [6, 6.07) is 6.40. The topological polar surface area (TPSA) is 37.3 Å². The number of carbonyl (C=O) groups excluding carboxylic acids is 1. The largest absolute Gasteiger partial charge is 0.390 e. The fourth-order valence-corrected chi connectivity index (χ4v) is 4.56. The normalized spacial score (nSPS) is 35.5. The second-order valence-corrected chi connectivity index (χ2v) is 7.77. The van der Waals surface area contributed by atoms with Crippen molar-refractivity contribution in [3.8, 4) is 0 Å². The molecule has 3 rings (SSSR count). The Morgan fingerprint density at radius 1 is 1.24 bits per heavy atom. The van der Waals surface area contributed by atoms with Crippen LogP contribution in [0.4, 0.5) is 0 Å². The molecule has 2 aliphatic carbocycles. The zero-order valence-corrected chi connectivity index (χ0v) is 13.6. The van der Waals surface area contributed by atoms with Crippen LogP contribution in [0.25, 0.3) is 0 Å². The van der Waals surface area contributed by atoms with Crippen molar-refractivity contribution in [1.29, 1.82) is 0 Å². The summed E-state index contributed by atoms with van der Waals surface area (Å²) in [7, 11) is 0. The van der Waals surface area contributed by atoms with E-state index in [0.717, 1.165) is 30.4 Å². The van der Waals surface area contributed by atoms with Crippen LogP contribution < -0.4 is 0 Å². The van der Waals surface area contributed by atoms with Gasteiger partial charge in [-0.3, -0.25) is 4.79 Å². The second kappa shape index (κ2) is 4.67. The van der Waals surface area contributed by atoms with Gasteiger partial charge in [-0.15, -0.1) is 0 Å². The average molecular weight is 286 g/mol. The van der Waals surface area contributed by atoms with Crippen LogP contribution in [0.3, 0.4) is 0 Å². The molecule has 1 aromatic carbocycles. The molecule has 0 heterocycles. The highest BCUT2D eigenvalue weighted by Crippen LogP contribution is 2.53. The zero-order valence-electron chi connectivity index (χ0n) is 13.6. The summed E-state index contributed by atoms with van der Waals surface area (Å²) >= 11 is 0. The van der Waals surface area contributed by atoms with Crippen LogP contribution in [0, 0.1) is 5.92 Å². The molecule has 0 aromatic heterocycles. The van der Waals surface area contributed by atoms with Crippen molar-refractivity contribution in [2.45, 2.75) is 70.3 Å². The summed E-state index contributed by atoms with van der Waals surface area (Å²) in [6.07, 6.45) is 3.38. The van der Waals surface area contributed by atoms with Crippen molar-refractivity contribution in [1.82, 2.24) is 0 Å². The van der Waals surface area contributed by atoms with E-state index >= 15 is 0 Å². The molecule has 3 atom stereocenters. The van der Waals surface area contributed by atoms with E-state index in [1.807, 2.05) is 6.92 Å². The van der Waals surface area contributed by atoms with Crippen molar-refractivity contribution < 1.29 is 9.90 Å². The van der Waals surface area contributed by atoms with Gasteiger partial charge in [0.15, 0.2) is 5.78 Å². The Labute approximate surface area is 127 Å². The molecule has 2 heteroatoms. The van der Waals surface area contributed by atoms with Gasteiger partial charge in [0.25, 0.3) is 0 Å². The maximum Gasteiger partial charge on any atom is 0.163 e. The molecular formula is C19H26O2. The van der Waals surface area contributed by atoms with E-state index in [4.69, 9.17) is 0 Å². The summed E-state index contributed by atoms with van der Waals surface area (Å²) in [5.41, 5.74) is 2.50. The number of carbonyl (C=O) groups is 1. The van der Waals surface area contributed by atoms with Crippen LogP contribution in [0.5, 0.6) is 0 Å². The lowest BCUT2D eigenvalue weighted by Crippen LogP contribution is -2.54. The molecule has 1 fully saturated rings. The van der Waals surface area contributed by atoms with Crippen LogP contribution in [-0.4, -0.2) is 16.5 Å². The molecule has 0 aliphatic heterocycles. The minimum atomic E-state index is -0.725. The minimum absolute atomic E-state index is 0.0450. The second-order valence-electron chi connectivity index (χ2n) is 7.77. The standard InChI is InChI=1S/C19H26O2/c1-12(2)13-6-7-15-14(10-13)16(20)11-17-18(15,3)8-5-9-19(17,4)21/h6-7,10,12,17,21H,5,8-9,11H2,1-4H3. The van der Waals surface area contributed by atoms with Crippen LogP contribution in [0.2, 0.25) is 0 Å². The highest BCUT2D eigenvalue weighted by molar-refractivity contribution is 5.99. The van der Waals surface area contributed by atoms with Crippen molar-refractivity contribution in [3.63, 3.8) is 0 Å². The van der Waals surface area contributed by atoms with Crippen LogP contribution in [0.15, 0.2) is 18.2 Å². The maximum atomic E-state index is 12.6. The number of hydrogen-bond acceptors (Lipinski definition) is 2. The Bertz CT molecular complexity index is 585. The minimum Gasteiger partial charge on any atom is -0.390 e. The number of ketones is 1. The monoisotopic (exact) mass is 286 g/mol. The first-order chi connectivity index (χ1) is 9.75. The SMILES string of the molecule is CC(C)c1ccc2c(c1)C(=O)CC1C(C)(O)CCCC21C. The average Bonchev–Trinajstić information content (AvgIpc) is 2.41. The lowest BCUT2D eigenvalue weighted by Gasteiger charge is -2.52. The Hall–Kier alpha value is -1.15. The lowest BCUT2D eigenvalue weighted by molar-refractivity contribution is -0.0703. The molecule has 0 amide bonds. The molecule has 1 aromatic rings. The van der Waals surface area contributed by atoms with Crippen molar-refractivity contribution in [3.05, 3.63) is 34.9 Å². The Morgan fingerprint density at radius 3 is 2.62 bits per heavy atom. The summed E-state index contributed by atoms with van der Waals surface area (Å²) in [5, 5.41) is 10.8. The van der Waals surface area contributed by atoms with E-state index < -0.39 is 5.60 Å². The van der Waals surface area contributed by atoms with Gasteiger partial charge in [0, 0.05) is 17.9 Å². The molecular weight excluding hydrogens is 260 g/mol. The first-order valence-corrected chi connectivity index (χ1v) is 8.16. The van der Waals surface area contributed by atoms with Crippen LogP contribution in [0.1, 0.15) is 80.8 Å². The van der Waals surface area contributed by atoms with E-state index in [1.54, 1.807) is 0 Å². The Kier molecular flexibility index (Phi) is 3.29. The number of benzene rings is 1. The summed E-state index contributed by atoms with van der Waals surface area (Å²) in [6.45, 7) is 8.47. The third-order valence-electron chi connectivity index (χ3n) is 5.91. The van der Waals surface area contributed by atoms with Crippen molar-refractivity contribution in [2.24, 2.45) is 5.92 Å². The predicted molar refractivity (Wildman–Crippen MR) is 84.8 cm³/mol. The molecule has 1 N–H and O–H groups in total. The highest BCUT2D eigenvalue weighted by atomic mass is 16.3. The molecule has 0 radical (unpaired) electrons. The Morgan fingerprint density at radius 2 is 1.95 bits per heavy atom. The van der Waals surface area contributed by atoms with Gasteiger partial charge in [0.2, 0.25) is 0 Å². The molecule has 0 saturated heterocycles. The van der Waals surface area contributed by atoms with Crippen molar-refractivity contribution in [2.75, 3.05) is 0 Å². The van der Waals surface area contributed by atoms with Gasteiger partial charge in [0.05, 0.1) is 5.60 Å². The summed E-state index contributed by atoms with van der Waals surface area (Å²) < 4.78 is 0. The third kappa shape index (κ3) is 2.15. The summed E-state index contributed by atoms with van der Waals surface area (Å²) in [5.74, 6) is 0.684. The van der Waals surface area contributed by atoms with E-state index in [2.05, 4.69) is 39.0 Å². The number of fused-ring (bicyclic) bond motifs is 3. The molecule has 2 nitrogen and oxygen atoms in total. The highest BCUT2D eigenvalue weighted by Gasteiger charge is 2.53. The fourth-order valence-electron chi connectivity index (χ4n) is 4.56.